The minimum Gasteiger partial charge on any atom is -0.0645 e. The largest absolute Gasteiger partial charge is 0.0645 e. The molecule has 0 saturated heterocycles. The van der Waals surface area contributed by atoms with Gasteiger partial charge in [0.15, 0.2) is 0 Å². The third-order valence-corrected chi connectivity index (χ3v) is 4.62. The lowest BCUT2D eigenvalue weighted by Crippen LogP contribution is -2.28. The zero-order valence-corrected chi connectivity index (χ0v) is 11.1. The molecular formula is C16H24. The number of benzene rings is 1. The monoisotopic (exact) mass is 216 g/mol. The van der Waals surface area contributed by atoms with E-state index in [2.05, 4.69) is 45.9 Å². The van der Waals surface area contributed by atoms with Gasteiger partial charge in [-0.15, -0.1) is 0 Å². The summed E-state index contributed by atoms with van der Waals surface area (Å²) >= 11 is 0. The van der Waals surface area contributed by atoms with E-state index in [4.69, 9.17) is 0 Å². The van der Waals surface area contributed by atoms with Crippen LogP contribution in [0.4, 0.5) is 0 Å². The Hall–Kier alpha value is -0.780. The number of fused-ring (bicyclic) bond motifs is 1. The average Bonchev–Trinajstić information content (AvgIpc) is 2.34. The third-order valence-electron chi connectivity index (χ3n) is 4.62. The molecule has 0 heterocycles. The van der Waals surface area contributed by atoms with Gasteiger partial charge in [0.1, 0.15) is 0 Å². The third kappa shape index (κ3) is 1.79. The Morgan fingerprint density at radius 3 is 2.69 bits per heavy atom. The number of aryl methyl sites for hydroxylation is 1. The summed E-state index contributed by atoms with van der Waals surface area (Å²) in [6.07, 6.45) is 5.12. The zero-order valence-electron chi connectivity index (χ0n) is 11.1. The van der Waals surface area contributed by atoms with E-state index in [0.29, 0.717) is 5.41 Å². The van der Waals surface area contributed by atoms with Gasteiger partial charge in [-0.3, -0.25) is 0 Å². The molecule has 1 aromatic rings. The van der Waals surface area contributed by atoms with Gasteiger partial charge in [-0.1, -0.05) is 45.9 Å². The van der Waals surface area contributed by atoms with Crippen molar-refractivity contribution in [2.75, 3.05) is 0 Å². The van der Waals surface area contributed by atoms with Crippen molar-refractivity contribution in [3.63, 3.8) is 0 Å². The van der Waals surface area contributed by atoms with Gasteiger partial charge in [-0.2, -0.15) is 0 Å². The fourth-order valence-electron chi connectivity index (χ4n) is 2.97. The fourth-order valence-corrected chi connectivity index (χ4v) is 2.97. The standard InChI is InChI=1S/C16H24/c1-5-13-7-8-14-12(3)9-10-16(4,6-2)15(14)11-13/h7-8,11-12H,5-6,9-10H2,1-4H3/t12-,16-/m0/s1. The summed E-state index contributed by atoms with van der Waals surface area (Å²) in [5.74, 6) is 0.750. The second-order valence-corrected chi connectivity index (χ2v) is 5.63. The average molecular weight is 216 g/mol. The molecule has 2 atom stereocenters. The lowest BCUT2D eigenvalue weighted by atomic mass is 9.66. The zero-order chi connectivity index (χ0) is 11.8. The highest BCUT2D eigenvalue weighted by molar-refractivity contribution is 5.41. The van der Waals surface area contributed by atoms with Crippen molar-refractivity contribution < 1.29 is 0 Å². The van der Waals surface area contributed by atoms with E-state index >= 15 is 0 Å². The molecule has 0 spiro atoms. The van der Waals surface area contributed by atoms with Gasteiger partial charge in [0.25, 0.3) is 0 Å². The highest BCUT2D eigenvalue weighted by Crippen LogP contribution is 2.44. The molecule has 1 aliphatic rings. The first-order chi connectivity index (χ1) is 7.60. The summed E-state index contributed by atoms with van der Waals surface area (Å²) in [4.78, 5) is 0. The van der Waals surface area contributed by atoms with Crippen LogP contribution in [0.25, 0.3) is 0 Å². The number of hydrogen-bond acceptors (Lipinski definition) is 0. The Kier molecular flexibility index (Phi) is 3.10. The Bertz CT molecular complexity index is 378. The molecule has 16 heavy (non-hydrogen) atoms. The van der Waals surface area contributed by atoms with Gasteiger partial charge in [-0.05, 0) is 53.7 Å². The van der Waals surface area contributed by atoms with Crippen LogP contribution in [0.5, 0.6) is 0 Å². The maximum absolute atomic E-state index is 2.47. The highest BCUT2D eigenvalue weighted by Gasteiger charge is 2.33. The Morgan fingerprint density at radius 1 is 1.31 bits per heavy atom. The molecule has 0 N–H and O–H groups in total. The van der Waals surface area contributed by atoms with E-state index in [1.807, 2.05) is 0 Å². The molecule has 0 aromatic heterocycles. The van der Waals surface area contributed by atoms with Crippen LogP contribution in [0.15, 0.2) is 18.2 Å². The van der Waals surface area contributed by atoms with Gasteiger partial charge in [0, 0.05) is 0 Å². The van der Waals surface area contributed by atoms with E-state index < -0.39 is 0 Å². The summed E-state index contributed by atoms with van der Waals surface area (Å²) in [5, 5.41) is 0. The smallest absolute Gasteiger partial charge is 0.00747 e. The van der Waals surface area contributed by atoms with Gasteiger partial charge in [0.05, 0.1) is 0 Å². The molecule has 88 valence electrons. The molecule has 0 bridgehead atoms. The SMILES string of the molecule is CCc1ccc2c(c1)[C@@](C)(CC)CC[C@@H]2C. The van der Waals surface area contributed by atoms with E-state index in [1.165, 1.54) is 24.8 Å². The molecule has 1 aliphatic carbocycles. The lowest BCUT2D eigenvalue weighted by Gasteiger charge is -2.38. The van der Waals surface area contributed by atoms with Crippen molar-refractivity contribution >= 4 is 0 Å². The Labute approximate surface area is 100 Å². The van der Waals surface area contributed by atoms with E-state index in [1.54, 1.807) is 11.1 Å². The quantitative estimate of drug-likeness (QED) is 0.665. The second-order valence-electron chi connectivity index (χ2n) is 5.63. The fraction of sp³-hybridized carbons (Fsp3) is 0.625. The van der Waals surface area contributed by atoms with Crippen molar-refractivity contribution in [2.24, 2.45) is 0 Å². The van der Waals surface area contributed by atoms with Gasteiger partial charge in [-0.25, -0.2) is 0 Å². The normalized spacial score (nSPS) is 28.9. The molecule has 0 aliphatic heterocycles. The van der Waals surface area contributed by atoms with Crippen LogP contribution >= 0.6 is 0 Å². The van der Waals surface area contributed by atoms with E-state index in [9.17, 15) is 0 Å². The van der Waals surface area contributed by atoms with Crippen molar-refractivity contribution in [1.82, 2.24) is 0 Å². The summed E-state index contributed by atoms with van der Waals surface area (Å²) < 4.78 is 0. The first-order valence-electron chi connectivity index (χ1n) is 6.74. The molecule has 0 saturated carbocycles. The van der Waals surface area contributed by atoms with Gasteiger partial charge in [0.2, 0.25) is 0 Å². The topological polar surface area (TPSA) is 0 Å². The van der Waals surface area contributed by atoms with Crippen molar-refractivity contribution in [1.29, 1.82) is 0 Å². The van der Waals surface area contributed by atoms with Gasteiger partial charge >= 0.3 is 0 Å². The van der Waals surface area contributed by atoms with Crippen molar-refractivity contribution in [3.8, 4) is 0 Å². The summed E-state index contributed by atoms with van der Waals surface area (Å²) in [6.45, 7) is 9.40. The molecular weight excluding hydrogens is 192 g/mol. The van der Waals surface area contributed by atoms with E-state index in [0.717, 1.165) is 12.3 Å². The number of rotatable bonds is 2. The van der Waals surface area contributed by atoms with Crippen LogP contribution in [0.2, 0.25) is 0 Å². The van der Waals surface area contributed by atoms with Crippen LogP contribution in [-0.2, 0) is 11.8 Å². The summed E-state index contributed by atoms with van der Waals surface area (Å²) in [6, 6.07) is 7.16. The van der Waals surface area contributed by atoms with Crippen LogP contribution in [0, 0.1) is 0 Å². The van der Waals surface area contributed by atoms with Gasteiger partial charge < -0.3 is 0 Å². The minimum atomic E-state index is 0.424. The summed E-state index contributed by atoms with van der Waals surface area (Å²) in [7, 11) is 0. The molecule has 0 radical (unpaired) electrons. The molecule has 2 rings (SSSR count). The minimum absolute atomic E-state index is 0.424. The predicted octanol–water partition coefficient (Wildman–Crippen LogP) is 4.81. The molecule has 0 amide bonds. The second kappa shape index (κ2) is 4.24. The first-order valence-corrected chi connectivity index (χ1v) is 6.74. The number of hydrogen-bond donors (Lipinski definition) is 0. The van der Waals surface area contributed by atoms with Crippen LogP contribution in [0.3, 0.4) is 0 Å². The molecule has 0 unspecified atom stereocenters. The van der Waals surface area contributed by atoms with Crippen LogP contribution < -0.4 is 0 Å². The predicted molar refractivity (Wildman–Crippen MR) is 71.1 cm³/mol. The van der Waals surface area contributed by atoms with Crippen LogP contribution in [0.1, 0.15) is 69.6 Å². The van der Waals surface area contributed by atoms with Crippen molar-refractivity contribution in [2.45, 2.75) is 64.7 Å². The molecule has 0 nitrogen and oxygen atoms in total. The Morgan fingerprint density at radius 2 is 2.06 bits per heavy atom. The highest BCUT2D eigenvalue weighted by atomic mass is 14.4. The Balaban J connectivity index is 2.53. The maximum atomic E-state index is 2.47. The molecule has 1 aromatic carbocycles. The van der Waals surface area contributed by atoms with Crippen molar-refractivity contribution in [3.05, 3.63) is 34.9 Å². The molecule has 0 fully saturated rings. The lowest BCUT2D eigenvalue weighted by molar-refractivity contribution is 0.359. The first kappa shape index (κ1) is 11.7. The molecule has 0 heteroatoms. The van der Waals surface area contributed by atoms with E-state index in [-0.39, 0.29) is 0 Å². The summed E-state index contributed by atoms with van der Waals surface area (Å²) in [5.41, 5.74) is 5.15. The maximum Gasteiger partial charge on any atom is -0.00747 e. The van der Waals surface area contributed by atoms with Crippen LogP contribution in [-0.4, -0.2) is 0 Å².